The number of hydrogen-bond acceptors (Lipinski definition) is 6. The average molecular weight is 426 g/mol. The lowest BCUT2D eigenvalue weighted by Crippen LogP contribution is -2.19. The topological polar surface area (TPSA) is 125 Å². The van der Waals surface area contributed by atoms with Crippen LogP contribution in [0.15, 0.2) is 52.4 Å². The average Bonchev–Trinajstić information content (AvgIpc) is 3.05. The Hall–Kier alpha value is -3.59. The van der Waals surface area contributed by atoms with Gasteiger partial charge in [0.2, 0.25) is 0 Å². The maximum absolute atomic E-state index is 12.3. The molecule has 30 heavy (non-hydrogen) atoms. The zero-order valence-corrected chi connectivity index (χ0v) is 16.7. The molecule has 8 nitrogen and oxygen atoms in total. The van der Waals surface area contributed by atoms with Gasteiger partial charge in [-0.05, 0) is 48.5 Å². The fourth-order valence-corrected chi connectivity index (χ4v) is 3.44. The molecule has 9 heteroatoms. The first-order valence-corrected chi connectivity index (χ1v) is 9.82. The standard InChI is InChI=1S/C21H18N2O6S/c1-2-7-29-16-6-4-3-5-12(16)11-17-18(24)23-21(30-17)22-15-9-13(19(25)26)8-14(10-15)20(27)28/h3-6,8-11H,2,7H2,1H3,(H,25,26)(H,27,28)(H,22,23,24)/b17-11-. The molecule has 0 radical (unpaired) electrons. The zero-order chi connectivity index (χ0) is 21.7. The van der Waals surface area contributed by atoms with E-state index in [0.29, 0.717) is 17.3 Å². The highest BCUT2D eigenvalue weighted by Gasteiger charge is 2.24. The number of aromatic carboxylic acids is 2. The van der Waals surface area contributed by atoms with Crippen molar-refractivity contribution in [1.29, 1.82) is 0 Å². The summed E-state index contributed by atoms with van der Waals surface area (Å²) >= 11 is 1.07. The second-order valence-electron chi connectivity index (χ2n) is 6.25. The number of carboxylic acids is 2. The number of amides is 1. The highest BCUT2D eigenvalue weighted by atomic mass is 32.2. The number of ether oxygens (including phenoxy) is 1. The van der Waals surface area contributed by atoms with E-state index in [1.54, 1.807) is 6.08 Å². The maximum Gasteiger partial charge on any atom is 0.335 e. The molecule has 0 unspecified atom stereocenters. The highest BCUT2D eigenvalue weighted by molar-refractivity contribution is 8.18. The first-order chi connectivity index (χ1) is 14.4. The van der Waals surface area contributed by atoms with Crippen LogP contribution in [0.5, 0.6) is 5.75 Å². The van der Waals surface area contributed by atoms with Crippen molar-refractivity contribution in [2.24, 2.45) is 4.99 Å². The van der Waals surface area contributed by atoms with Crippen molar-refractivity contribution in [2.45, 2.75) is 13.3 Å². The molecule has 0 aromatic heterocycles. The molecule has 3 N–H and O–H groups in total. The minimum atomic E-state index is -1.27. The maximum atomic E-state index is 12.3. The molecular formula is C21H18N2O6S. The smallest absolute Gasteiger partial charge is 0.335 e. The van der Waals surface area contributed by atoms with Crippen molar-refractivity contribution >= 4 is 46.5 Å². The molecule has 1 saturated heterocycles. The van der Waals surface area contributed by atoms with Crippen LogP contribution < -0.4 is 10.1 Å². The van der Waals surface area contributed by atoms with Gasteiger partial charge in [-0.2, -0.15) is 0 Å². The molecule has 0 bridgehead atoms. The van der Waals surface area contributed by atoms with E-state index in [1.807, 2.05) is 31.2 Å². The highest BCUT2D eigenvalue weighted by Crippen LogP contribution is 2.31. The lowest BCUT2D eigenvalue weighted by molar-refractivity contribution is -0.115. The minimum Gasteiger partial charge on any atom is -0.493 e. The molecule has 3 rings (SSSR count). The number of nitrogens with one attached hydrogen (secondary N) is 1. The fraction of sp³-hybridized carbons (Fsp3) is 0.143. The van der Waals surface area contributed by atoms with Crippen molar-refractivity contribution < 1.29 is 29.3 Å². The molecule has 0 atom stereocenters. The predicted molar refractivity (Wildman–Crippen MR) is 113 cm³/mol. The number of thioether (sulfide) groups is 1. The van der Waals surface area contributed by atoms with Gasteiger partial charge < -0.3 is 20.3 Å². The van der Waals surface area contributed by atoms with Crippen LogP contribution in [0.4, 0.5) is 5.69 Å². The summed E-state index contributed by atoms with van der Waals surface area (Å²) in [5, 5.41) is 21.2. The Labute approximate surface area is 176 Å². The number of hydrogen-bond donors (Lipinski definition) is 3. The Morgan fingerprint density at radius 2 is 1.80 bits per heavy atom. The van der Waals surface area contributed by atoms with Crippen LogP contribution in [0.3, 0.4) is 0 Å². The van der Waals surface area contributed by atoms with Crippen LogP contribution in [-0.2, 0) is 4.79 Å². The molecule has 1 fully saturated rings. The molecular weight excluding hydrogens is 408 g/mol. The van der Waals surface area contributed by atoms with E-state index in [4.69, 9.17) is 4.74 Å². The number of carbonyl (C=O) groups is 3. The number of rotatable bonds is 7. The van der Waals surface area contributed by atoms with Crippen LogP contribution in [0.2, 0.25) is 0 Å². The van der Waals surface area contributed by atoms with Crippen LogP contribution in [-0.4, -0.2) is 39.8 Å². The lowest BCUT2D eigenvalue weighted by Gasteiger charge is -2.07. The first kappa shape index (κ1) is 21.1. The Morgan fingerprint density at radius 3 is 2.43 bits per heavy atom. The van der Waals surface area contributed by atoms with E-state index < -0.39 is 11.9 Å². The largest absolute Gasteiger partial charge is 0.493 e. The van der Waals surface area contributed by atoms with E-state index in [1.165, 1.54) is 12.1 Å². The molecule has 1 amide bonds. The Bertz CT molecular complexity index is 1040. The van der Waals surface area contributed by atoms with E-state index in [2.05, 4.69) is 10.3 Å². The summed E-state index contributed by atoms with van der Waals surface area (Å²) in [5.74, 6) is -2.25. The van der Waals surface area contributed by atoms with Gasteiger partial charge in [-0.25, -0.2) is 14.6 Å². The third kappa shape index (κ3) is 5.06. The van der Waals surface area contributed by atoms with E-state index in [9.17, 15) is 24.6 Å². The van der Waals surface area contributed by atoms with Gasteiger partial charge in [-0.1, -0.05) is 25.1 Å². The number of amidine groups is 1. The minimum absolute atomic E-state index is 0.114. The molecule has 0 spiro atoms. The molecule has 1 aliphatic heterocycles. The number of para-hydroxylation sites is 1. The Kier molecular flexibility index (Phi) is 6.53. The summed E-state index contributed by atoms with van der Waals surface area (Å²) in [4.78, 5) is 39.4. The van der Waals surface area contributed by atoms with Gasteiger partial charge in [0.15, 0.2) is 5.17 Å². The molecule has 1 aliphatic rings. The molecule has 1 heterocycles. The SMILES string of the molecule is CCCOc1ccccc1/C=C1\SC(=Nc2cc(C(=O)O)cc(C(=O)O)c2)NC1=O. The second-order valence-corrected chi connectivity index (χ2v) is 7.28. The molecule has 2 aromatic carbocycles. The molecule has 2 aromatic rings. The van der Waals surface area contributed by atoms with Crippen molar-refractivity contribution in [3.63, 3.8) is 0 Å². The second kappa shape index (κ2) is 9.27. The Morgan fingerprint density at radius 1 is 1.13 bits per heavy atom. The van der Waals surface area contributed by atoms with Gasteiger partial charge in [-0.3, -0.25) is 4.79 Å². The summed E-state index contributed by atoms with van der Waals surface area (Å²) < 4.78 is 5.70. The third-order valence-corrected chi connectivity index (χ3v) is 4.87. The molecule has 154 valence electrons. The van der Waals surface area contributed by atoms with Crippen molar-refractivity contribution in [3.8, 4) is 5.75 Å². The van der Waals surface area contributed by atoms with E-state index in [0.717, 1.165) is 29.8 Å². The quantitative estimate of drug-likeness (QED) is 0.576. The van der Waals surface area contributed by atoms with E-state index >= 15 is 0 Å². The van der Waals surface area contributed by atoms with Crippen LogP contribution in [0.25, 0.3) is 6.08 Å². The van der Waals surface area contributed by atoms with Gasteiger partial charge >= 0.3 is 11.9 Å². The van der Waals surface area contributed by atoms with Gasteiger partial charge in [-0.15, -0.1) is 0 Å². The molecule has 0 saturated carbocycles. The van der Waals surface area contributed by atoms with Crippen LogP contribution in [0, 0.1) is 0 Å². The summed E-state index contributed by atoms with van der Waals surface area (Å²) in [6, 6.07) is 10.9. The Balaban J connectivity index is 1.89. The normalized spacial score (nSPS) is 16.0. The van der Waals surface area contributed by atoms with Crippen LogP contribution in [0.1, 0.15) is 39.6 Å². The number of carboxylic acid groups (broad SMARTS) is 2. The summed E-state index contributed by atoms with van der Waals surface area (Å²) in [6.45, 7) is 2.55. The predicted octanol–water partition coefficient (Wildman–Crippen LogP) is 3.76. The summed E-state index contributed by atoms with van der Waals surface area (Å²) in [6.07, 6.45) is 2.54. The number of carbonyl (C=O) groups excluding carboxylic acids is 1. The number of benzene rings is 2. The number of aliphatic imine (C=N–C) groups is 1. The van der Waals surface area contributed by atoms with Crippen molar-refractivity contribution in [3.05, 3.63) is 64.1 Å². The summed E-state index contributed by atoms with van der Waals surface area (Å²) in [5.41, 5.74) is 0.441. The summed E-state index contributed by atoms with van der Waals surface area (Å²) in [7, 11) is 0. The van der Waals surface area contributed by atoms with E-state index in [-0.39, 0.29) is 27.9 Å². The van der Waals surface area contributed by atoms with Gasteiger partial charge in [0.05, 0.1) is 28.3 Å². The lowest BCUT2D eigenvalue weighted by atomic mass is 10.1. The van der Waals surface area contributed by atoms with Gasteiger partial charge in [0.25, 0.3) is 5.91 Å². The van der Waals surface area contributed by atoms with Crippen molar-refractivity contribution in [1.82, 2.24) is 5.32 Å². The molecule has 0 aliphatic carbocycles. The van der Waals surface area contributed by atoms with Crippen molar-refractivity contribution in [2.75, 3.05) is 6.61 Å². The monoisotopic (exact) mass is 426 g/mol. The van der Waals surface area contributed by atoms with Gasteiger partial charge in [0.1, 0.15) is 5.75 Å². The third-order valence-electron chi connectivity index (χ3n) is 3.96. The first-order valence-electron chi connectivity index (χ1n) is 9.00. The zero-order valence-electron chi connectivity index (χ0n) is 15.9. The van der Waals surface area contributed by atoms with Crippen LogP contribution >= 0.6 is 11.8 Å². The number of nitrogens with zero attached hydrogens (tertiary/aromatic N) is 1. The fourth-order valence-electron chi connectivity index (χ4n) is 2.60. The van der Waals surface area contributed by atoms with Gasteiger partial charge in [0, 0.05) is 5.56 Å².